The minimum atomic E-state index is -0.889. The molecule has 0 aliphatic carbocycles. The molecule has 1 aromatic carbocycles. The van der Waals surface area contributed by atoms with E-state index in [1.807, 2.05) is 6.07 Å². The summed E-state index contributed by atoms with van der Waals surface area (Å²) in [6.45, 7) is 0. The number of benzene rings is 1. The van der Waals surface area contributed by atoms with Gasteiger partial charge >= 0.3 is 0 Å². The molecule has 2 aromatic rings. The summed E-state index contributed by atoms with van der Waals surface area (Å²) >= 11 is 0. The summed E-state index contributed by atoms with van der Waals surface area (Å²) in [6, 6.07) is 8.06. The first kappa shape index (κ1) is 12.5. The fourth-order valence-electron chi connectivity index (χ4n) is 1.76. The third-order valence-electron chi connectivity index (χ3n) is 2.72. The first-order valence-electron chi connectivity index (χ1n) is 5.61. The Morgan fingerprint density at radius 2 is 2.22 bits per heavy atom. The number of hydrogen-bond donors (Lipinski definition) is 1. The number of aliphatic hydroxyl groups excluding tert-OH is 1. The van der Waals surface area contributed by atoms with E-state index in [0.29, 0.717) is 12.2 Å². The number of rotatable bonds is 4. The fraction of sp³-hybridized carbons (Fsp3) is 0.214. The van der Waals surface area contributed by atoms with Crippen molar-refractivity contribution in [3.05, 3.63) is 59.7 Å². The van der Waals surface area contributed by atoms with Crippen LogP contribution in [-0.4, -0.2) is 17.2 Å². The van der Waals surface area contributed by atoms with Gasteiger partial charge in [0.1, 0.15) is 11.6 Å². The Morgan fingerprint density at radius 3 is 2.83 bits per heavy atom. The summed E-state index contributed by atoms with van der Waals surface area (Å²) in [5.41, 5.74) is 1.12. The molecule has 0 spiro atoms. The Balaban J connectivity index is 2.16. The van der Waals surface area contributed by atoms with E-state index in [1.165, 1.54) is 19.2 Å². The number of nitrogens with zero attached hydrogens (tertiary/aromatic N) is 1. The lowest BCUT2D eigenvalue weighted by Gasteiger charge is -2.12. The fourth-order valence-corrected chi connectivity index (χ4v) is 1.76. The number of pyridine rings is 1. The van der Waals surface area contributed by atoms with Crippen molar-refractivity contribution in [1.82, 2.24) is 4.98 Å². The molecule has 4 heteroatoms. The van der Waals surface area contributed by atoms with Gasteiger partial charge in [0, 0.05) is 30.4 Å². The number of ether oxygens (including phenoxy) is 1. The molecule has 0 radical (unpaired) electrons. The third kappa shape index (κ3) is 2.84. The van der Waals surface area contributed by atoms with Crippen molar-refractivity contribution in [3.8, 4) is 5.75 Å². The van der Waals surface area contributed by atoms with Gasteiger partial charge in [-0.3, -0.25) is 4.98 Å². The molecule has 18 heavy (non-hydrogen) atoms. The monoisotopic (exact) mass is 247 g/mol. The van der Waals surface area contributed by atoms with E-state index in [0.717, 1.165) is 5.56 Å². The number of halogens is 1. The van der Waals surface area contributed by atoms with Gasteiger partial charge in [0.05, 0.1) is 13.2 Å². The van der Waals surface area contributed by atoms with E-state index < -0.39 is 11.9 Å². The zero-order chi connectivity index (χ0) is 13.0. The van der Waals surface area contributed by atoms with Crippen LogP contribution in [0.15, 0.2) is 42.7 Å². The summed E-state index contributed by atoms with van der Waals surface area (Å²) in [6.07, 6.45) is 2.76. The summed E-state index contributed by atoms with van der Waals surface area (Å²) in [4.78, 5) is 3.96. The second kappa shape index (κ2) is 5.60. The molecular weight excluding hydrogens is 233 g/mol. The van der Waals surface area contributed by atoms with Gasteiger partial charge in [-0.1, -0.05) is 6.07 Å². The summed E-state index contributed by atoms with van der Waals surface area (Å²) < 4.78 is 18.7. The van der Waals surface area contributed by atoms with Gasteiger partial charge in [-0.15, -0.1) is 0 Å². The largest absolute Gasteiger partial charge is 0.497 e. The highest BCUT2D eigenvalue weighted by molar-refractivity contribution is 5.31. The van der Waals surface area contributed by atoms with Crippen molar-refractivity contribution in [2.24, 2.45) is 0 Å². The van der Waals surface area contributed by atoms with Gasteiger partial charge in [0.2, 0.25) is 0 Å². The molecule has 1 N–H and O–H groups in total. The number of methoxy groups -OCH3 is 1. The molecule has 1 aromatic heterocycles. The Morgan fingerprint density at radius 1 is 1.39 bits per heavy atom. The van der Waals surface area contributed by atoms with Crippen LogP contribution in [0.5, 0.6) is 5.75 Å². The maximum Gasteiger partial charge on any atom is 0.132 e. The average Bonchev–Trinajstić information content (AvgIpc) is 2.39. The molecule has 94 valence electrons. The molecule has 0 bridgehead atoms. The van der Waals surface area contributed by atoms with Crippen LogP contribution in [0, 0.1) is 5.82 Å². The maximum atomic E-state index is 13.7. The standard InChI is InChI=1S/C14H14FNO2/c1-18-11-4-5-12(13(15)8-11)14(17)7-10-3-2-6-16-9-10/h2-6,8-9,14,17H,7H2,1H3. The predicted octanol–water partition coefficient (Wildman–Crippen LogP) is 2.51. The molecule has 0 fully saturated rings. The third-order valence-corrected chi connectivity index (χ3v) is 2.72. The quantitative estimate of drug-likeness (QED) is 0.902. The average molecular weight is 247 g/mol. The molecule has 3 nitrogen and oxygen atoms in total. The van der Waals surface area contributed by atoms with E-state index in [1.54, 1.807) is 24.5 Å². The second-order valence-electron chi connectivity index (χ2n) is 3.97. The van der Waals surface area contributed by atoms with E-state index in [4.69, 9.17) is 4.74 Å². The van der Waals surface area contributed by atoms with Gasteiger partial charge in [-0.25, -0.2) is 4.39 Å². The first-order valence-corrected chi connectivity index (χ1v) is 5.61. The Labute approximate surface area is 105 Å². The van der Waals surface area contributed by atoms with Crippen molar-refractivity contribution in [2.75, 3.05) is 7.11 Å². The molecule has 2 rings (SSSR count). The molecule has 1 heterocycles. The van der Waals surface area contributed by atoms with Crippen LogP contribution >= 0.6 is 0 Å². The lowest BCUT2D eigenvalue weighted by atomic mass is 10.0. The van der Waals surface area contributed by atoms with Crippen LogP contribution in [0.3, 0.4) is 0 Å². The lowest BCUT2D eigenvalue weighted by Crippen LogP contribution is -2.04. The molecule has 1 unspecified atom stereocenters. The van der Waals surface area contributed by atoms with Gasteiger partial charge < -0.3 is 9.84 Å². The normalized spacial score (nSPS) is 12.2. The van der Waals surface area contributed by atoms with E-state index >= 15 is 0 Å². The molecular formula is C14H14FNO2. The lowest BCUT2D eigenvalue weighted by molar-refractivity contribution is 0.173. The van der Waals surface area contributed by atoms with E-state index in [9.17, 15) is 9.50 Å². The highest BCUT2D eigenvalue weighted by atomic mass is 19.1. The van der Waals surface area contributed by atoms with Gasteiger partial charge in [-0.2, -0.15) is 0 Å². The number of aromatic nitrogens is 1. The van der Waals surface area contributed by atoms with Crippen LogP contribution in [0.1, 0.15) is 17.2 Å². The zero-order valence-corrected chi connectivity index (χ0v) is 10.0. The summed E-state index contributed by atoms with van der Waals surface area (Å²) in [7, 11) is 1.47. The van der Waals surface area contributed by atoms with Gasteiger partial charge in [0.25, 0.3) is 0 Å². The highest BCUT2D eigenvalue weighted by Gasteiger charge is 2.14. The molecule has 0 saturated carbocycles. The SMILES string of the molecule is COc1ccc(C(O)Cc2cccnc2)c(F)c1. The minimum absolute atomic E-state index is 0.264. The predicted molar refractivity (Wildman–Crippen MR) is 65.9 cm³/mol. The van der Waals surface area contributed by atoms with E-state index in [-0.39, 0.29) is 5.56 Å². The smallest absolute Gasteiger partial charge is 0.132 e. The van der Waals surface area contributed by atoms with Crippen LogP contribution in [-0.2, 0) is 6.42 Å². The Hall–Kier alpha value is -1.94. The molecule has 0 aliphatic rings. The second-order valence-corrected chi connectivity index (χ2v) is 3.97. The van der Waals surface area contributed by atoms with Gasteiger partial charge in [0.15, 0.2) is 0 Å². The van der Waals surface area contributed by atoms with Gasteiger partial charge in [-0.05, 0) is 23.8 Å². The maximum absolute atomic E-state index is 13.7. The summed E-state index contributed by atoms with van der Waals surface area (Å²) in [5.74, 6) is -0.0319. The van der Waals surface area contributed by atoms with Crippen molar-refractivity contribution >= 4 is 0 Å². The van der Waals surface area contributed by atoms with Crippen LogP contribution < -0.4 is 4.74 Å². The summed E-state index contributed by atoms with van der Waals surface area (Å²) in [5, 5.41) is 10.0. The molecule has 1 atom stereocenters. The van der Waals surface area contributed by atoms with Crippen molar-refractivity contribution in [3.63, 3.8) is 0 Å². The topological polar surface area (TPSA) is 42.4 Å². The highest BCUT2D eigenvalue weighted by Crippen LogP contribution is 2.24. The van der Waals surface area contributed by atoms with Crippen molar-refractivity contribution in [1.29, 1.82) is 0 Å². The number of aliphatic hydroxyl groups is 1. The minimum Gasteiger partial charge on any atom is -0.497 e. The molecule has 0 aliphatic heterocycles. The van der Waals surface area contributed by atoms with Crippen LogP contribution in [0.25, 0.3) is 0 Å². The van der Waals surface area contributed by atoms with Crippen molar-refractivity contribution < 1.29 is 14.2 Å². The van der Waals surface area contributed by atoms with Crippen LogP contribution in [0.2, 0.25) is 0 Å². The van der Waals surface area contributed by atoms with Crippen LogP contribution in [0.4, 0.5) is 4.39 Å². The van der Waals surface area contributed by atoms with E-state index in [2.05, 4.69) is 4.98 Å². The first-order chi connectivity index (χ1) is 8.70. The molecule has 0 saturated heterocycles. The molecule has 0 amide bonds. The number of hydrogen-bond acceptors (Lipinski definition) is 3. The Kier molecular flexibility index (Phi) is 3.89. The van der Waals surface area contributed by atoms with Crippen molar-refractivity contribution in [2.45, 2.75) is 12.5 Å². The Bertz CT molecular complexity index is 516. The zero-order valence-electron chi connectivity index (χ0n) is 10.0.